The van der Waals surface area contributed by atoms with Gasteiger partial charge in [-0.25, -0.2) is 15.0 Å². The summed E-state index contributed by atoms with van der Waals surface area (Å²) in [7, 11) is 0. The molecule has 4 aromatic heterocycles. The van der Waals surface area contributed by atoms with Crippen LogP contribution in [-0.4, -0.2) is 38.0 Å². The highest BCUT2D eigenvalue weighted by molar-refractivity contribution is 5.87. The number of fused-ring (bicyclic) bond motifs is 2. The second-order valence-corrected chi connectivity index (χ2v) is 7.88. The predicted octanol–water partition coefficient (Wildman–Crippen LogP) is 3.55. The number of benzene rings is 1. The minimum Gasteiger partial charge on any atom is -0.464 e. The number of imidazole rings is 1. The van der Waals surface area contributed by atoms with Crippen LogP contribution >= 0.6 is 0 Å². The zero-order chi connectivity index (χ0) is 20.1. The molecule has 0 saturated carbocycles. The normalized spacial score (nSPS) is 16.5. The minimum absolute atomic E-state index is 0.495. The first-order chi connectivity index (χ1) is 14.7. The summed E-state index contributed by atoms with van der Waals surface area (Å²) in [6, 6.07) is 12.0. The summed E-state index contributed by atoms with van der Waals surface area (Å²) in [4.78, 5) is 22.5. The number of H-pyrrole nitrogens is 2. The summed E-state index contributed by atoms with van der Waals surface area (Å²) >= 11 is 0. The van der Waals surface area contributed by atoms with Gasteiger partial charge in [-0.3, -0.25) is 0 Å². The van der Waals surface area contributed by atoms with E-state index in [-0.39, 0.29) is 0 Å². The fourth-order valence-corrected chi connectivity index (χ4v) is 4.31. The molecule has 0 amide bonds. The number of nitrogens with two attached hydrogens (primary N) is 1. The van der Waals surface area contributed by atoms with Gasteiger partial charge in [-0.15, -0.1) is 0 Å². The lowest BCUT2D eigenvalue weighted by atomic mass is 9.88. The van der Waals surface area contributed by atoms with Crippen LogP contribution in [0.25, 0.3) is 33.4 Å². The van der Waals surface area contributed by atoms with Gasteiger partial charge in [0.05, 0.1) is 28.2 Å². The van der Waals surface area contributed by atoms with E-state index in [2.05, 4.69) is 30.9 Å². The standard InChI is InChI=1S/C22H21N7O/c23-22(6-9-29(10-7-22)20-15-5-8-24-19(15)25-13-26-20)21-27-16-4-3-14(12-17(16)28-21)18-2-1-11-30-18/h1-5,8,11-13H,6-7,9-10,23H2,(H,27,28)(H,24,25,26). The van der Waals surface area contributed by atoms with Gasteiger partial charge in [-0.05, 0) is 49.2 Å². The van der Waals surface area contributed by atoms with E-state index < -0.39 is 5.54 Å². The van der Waals surface area contributed by atoms with Crippen LogP contribution in [-0.2, 0) is 5.54 Å². The maximum absolute atomic E-state index is 6.83. The molecule has 1 aliphatic heterocycles. The van der Waals surface area contributed by atoms with Crippen LogP contribution in [0.4, 0.5) is 5.82 Å². The molecular formula is C22H21N7O. The van der Waals surface area contributed by atoms with Crippen LogP contribution in [0.5, 0.6) is 0 Å². The van der Waals surface area contributed by atoms with Gasteiger partial charge >= 0.3 is 0 Å². The van der Waals surface area contributed by atoms with Crippen molar-refractivity contribution in [2.75, 3.05) is 18.0 Å². The highest BCUT2D eigenvalue weighted by Gasteiger charge is 2.36. The number of piperidine rings is 1. The Hall–Kier alpha value is -3.65. The molecule has 0 unspecified atom stereocenters. The summed E-state index contributed by atoms with van der Waals surface area (Å²) in [5, 5.41) is 1.04. The van der Waals surface area contributed by atoms with Gasteiger partial charge in [0.15, 0.2) is 0 Å². The van der Waals surface area contributed by atoms with Crippen molar-refractivity contribution in [3.63, 3.8) is 0 Å². The molecule has 1 saturated heterocycles. The fourth-order valence-electron chi connectivity index (χ4n) is 4.31. The molecule has 8 heteroatoms. The molecule has 1 fully saturated rings. The van der Waals surface area contributed by atoms with E-state index in [9.17, 15) is 0 Å². The minimum atomic E-state index is -0.495. The van der Waals surface area contributed by atoms with E-state index in [1.165, 1.54) is 0 Å². The van der Waals surface area contributed by atoms with Gasteiger partial charge in [-0.2, -0.15) is 0 Å². The zero-order valence-corrected chi connectivity index (χ0v) is 16.3. The molecule has 4 N–H and O–H groups in total. The molecule has 0 spiro atoms. The van der Waals surface area contributed by atoms with Gasteiger partial charge in [0.1, 0.15) is 29.4 Å². The maximum atomic E-state index is 6.83. The van der Waals surface area contributed by atoms with Gasteiger partial charge in [0.25, 0.3) is 0 Å². The summed E-state index contributed by atoms with van der Waals surface area (Å²) in [6.07, 6.45) is 6.75. The van der Waals surface area contributed by atoms with Crippen molar-refractivity contribution in [3.8, 4) is 11.3 Å². The van der Waals surface area contributed by atoms with Gasteiger partial charge in [0, 0.05) is 24.8 Å². The first-order valence-corrected chi connectivity index (χ1v) is 10.1. The number of anilines is 1. The first kappa shape index (κ1) is 17.2. The zero-order valence-electron chi connectivity index (χ0n) is 16.3. The second-order valence-electron chi connectivity index (χ2n) is 7.88. The van der Waals surface area contributed by atoms with Crippen LogP contribution < -0.4 is 10.6 Å². The molecule has 150 valence electrons. The lowest BCUT2D eigenvalue weighted by Gasteiger charge is -2.38. The van der Waals surface area contributed by atoms with Gasteiger partial charge < -0.3 is 25.0 Å². The van der Waals surface area contributed by atoms with Crippen molar-refractivity contribution in [2.24, 2.45) is 5.73 Å². The number of hydrogen-bond donors (Lipinski definition) is 3. The number of nitrogens with zero attached hydrogens (tertiary/aromatic N) is 4. The molecule has 1 aliphatic rings. The Labute approximate surface area is 172 Å². The molecule has 5 aromatic rings. The van der Waals surface area contributed by atoms with Crippen molar-refractivity contribution in [1.82, 2.24) is 24.9 Å². The Morgan fingerprint density at radius 3 is 2.83 bits per heavy atom. The molecule has 0 aliphatic carbocycles. The van der Waals surface area contributed by atoms with Crippen LogP contribution in [0.15, 0.2) is 59.6 Å². The molecule has 0 atom stereocenters. The summed E-state index contributed by atoms with van der Waals surface area (Å²) in [5.41, 5.74) is 10.1. The summed E-state index contributed by atoms with van der Waals surface area (Å²) < 4.78 is 5.51. The summed E-state index contributed by atoms with van der Waals surface area (Å²) in [5.74, 6) is 2.63. The average Bonchev–Trinajstić information content (AvgIpc) is 3.53. The third kappa shape index (κ3) is 2.68. The van der Waals surface area contributed by atoms with Crippen molar-refractivity contribution >= 4 is 27.9 Å². The smallest absolute Gasteiger partial charge is 0.142 e. The summed E-state index contributed by atoms with van der Waals surface area (Å²) in [6.45, 7) is 1.62. The van der Waals surface area contributed by atoms with Crippen LogP contribution in [0.2, 0.25) is 0 Å². The van der Waals surface area contributed by atoms with Gasteiger partial charge in [0.2, 0.25) is 0 Å². The number of rotatable bonds is 3. The Balaban J connectivity index is 1.27. The average molecular weight is 399 g/mol. The number of aromatic amines is 2. The third-order valence-electron chi connectivity index (χ3n) is 6.05. The molecule has 5 heterocycles. The van der Waals surface area contributed by atoms with E-state index in [0.29, 0.717) is 0 Å². The van der Waals surface area contributed by atoms with Crippen molar-refractivity contribution in [2.45, 2.75) is 18.4 Å². The topological polar surface area (TPSA) is 113 Å². The highest BCUT2D eigenvalue weighted by Crippen LogP contribution is 2.34. The van der Waals surface area contributed by atoms with Crippen molar-refractivity contribution < 1.29 is 4.42 Å². The van der Waals surface area contributed by atoms with E-state index in [1.807, 2.05) is 36.5 Å². The Morgan fingerprint density at radius 1 is 1.10 bits per heavy atom. The Bertz CT molecular complexity index is 1330. The maximum Gasteiger partial charge on any atom is 0.142 e. The Morgan fingerprint density at radius 2 is 2.00 bits per heavy atom. The van der Waals surface area contributed by atoms with Crippen molar-refractivity contribution in [1.29, 1.82) is 0 Å². The Kier molecular flexibility index (Phi) is 3.69. The van der Waals surface area contributed by atoms with E-state index in [4.69, 9.17) is 15.1 Å². The highest BCUT2D eigenvalue weighted by atomic mass is 16.3. The lowest BCUT2D eigenvalue weighted by molar-refractivity contribution is 0.327. The molecule has 1 aromatic carbocycles. The van der Waals surface area contributed by atoms with E-state index in [1.54, 1.807) is 12.6 Å². The fraction of sp³-hybridized carbons (Fsp3) is 0.227. The third-order valence-corrected chi connectivity index (χ3v) is 6.05. The predicted molar refractivity (Wildman–Crippen MR) is 115 cm³/mol. The quantitative estimate of drug-likeness (QED) is 0.428. The lowest BCUT2D eigenvalue weighted by Crippen LogP contribution is -2.49. The molecule has 0 radical (unpaired) electrons. The largest absolute Gasteiger partial charge is 0.464 e. The first-order valence-electron chi connectivity index (χ1n) is 10.1. The number of hydrogen-bond acceptors (Lipinski definition) is 6. The molecule has 8 nitrogen and oxygen atoms in total. The number of aromatic nitrogens is 5. The van der Waals surface area contributed by atoms with E-state index >= 15 is 0 Å². The van der Waals surface area contributed by atoms with Crippen LogP contribution in [0.1, 0.15) is 18.7 Å². The monoisotopic (exact) mass is 399 g/mol. The van der Waals surface area contributed by atoms with Crippen LogP contribution in [0, 0.1) is 0 Å². The van der Waals surface area contributed by atoms with Crippen LogP contribution in [0.3, 0.4) is 0 Å². The molecule has 0 bridgehead atoms. The molecule has 30 heavy (non-hydrogen) atoms. The SMILES string of the molecule is NC1(c2nc3ccc(-c4ccco4)cc3[nH]2)CCN(c2ncnc3[nH]ccc23)CC1. The van der Waals surface area contributed by atoms with E-state index in [0.717, 1.165) is 71.0 Å². The molecule has 6 rings (SSSR count). The second kappa shape index (κ2) is 6.43. The van der Waals surface area contributed by atoms with Gasteiger partial charge in [-0.1, -0.05) is 0 Å². The number of furan rings is 1. The molecular weight excluding hydrogens is 378 g/mol. The van der Waals surface area contributed by atoms with Crippen molar-refractivity contribution in [3.05, 3.63) is 61.0 Å². The number of nitrogens with one attached hydrogen (secondary N) is 2.